The first kappa shape index (κ1) is 22.8. The van der Waals surface area contributed by atoms with Crippen LogP contribution in [0.5, 0.6) is 17.2 Å². The lowest BCUT2D eigenvalue weighted by molar-refractivity contribution is -0.137. The van der Waals surface area contributed by atoms with Gasteiger partial charge in [-0.25, -0.2) is 4.98 Å². The third kappa shape index (κ3) is 4.28. The van der Waals surface area contributed by atoms with Crippen molar-refractivity contribution in [1.82, 2.24) is 9.55 Å². The average molecular weight is 465 g/mol. The van der Waals surface area contributed by atoms with E-state index in [1.807, 2.05) is 6.92 Å². The molecule has 0 fully saturated rings. The Morgan fingerprint density at radius 2 is 1.81 bits per heavy atom. The van der Waals surface area contributed by atoms with Crippen molar-refractivity contribution in [2.24, 2.45) is 0 Å². The molecule has 0 saturated carbocycles. The predicted octanol–water partition coefficient (Wildman–Crippen LogP) is 3.64. The van der Waals surface area contributed by atoms with E-state index in [9.17, 15) is 9.59 Å². The molecule has 0 aliphatic carbocycles. The standard InChI is InChI=1S/C21H21ClN2O6S/c1-11-6-7-12(22)8-14(11)24-20(26)13-9-15(27-2)18(29-4)19(30-5)17(13)23-21(24)31-10-16(25)28-3/h6-9H,10H2,1-5H3. The van der Waals surface area contributed by atoms with E-state index in [2.05, 4.69) is 4.98 Å². The lowest BCUT2D eigenvalue weighted by Crippen LogP contribution is -2.23. The molecular weight excluding hydrogens is 444 g/mol. The third-order valence-electron chi connectivity index (χ3n) is 4.59. The van der Waals surface area contributed by atoms with Crippen molar-refractivity contribution in [2.45, 2.75) is 12.1 Å². The van der Waals surface area contributed by atoms with E-state index in [4.69, 9.17) is 30.5 Å². The third-order valence-corrected chi connectivity index (χ3v) is 5.74. The van der Waals surface area contributed by atoms with Crippen molar-refractivity contribution in [3.05, 3.63) is 45.2 Å². The van der Waals surface area contributed by atoms with Crippen molar-refractivity contribution < 1.29 is 23.7 Å². The Morgan fingerprint density at radius 3 is 2.42 bits per heavy atom. The summed E-state index contributed by atoms with van der Waals surface area (Å²) in [7, 11) is 5.68. The molecule has 0 saturated heterocycles. The number of benzene rings is 2. The van der Waals surface area contributed by atoms with Gasteiger partial charge in [-0.2, -0.15) is 0 Å². The molecule has 0 spiro atoms. The van der Waals surface area contributed by atoms with Gasteiger partial charge in [0.15, 0.2) is 16.7 Å². The van der Waals surface area contributed by atoms with Gasteiger partial charge < -0.3 is 18.9 Å². The molecule has 3 aromatic rings. The highest BCUT2D eigenvalue weighted by Gasteiger charge is 2.23. The first-order valence-corrected chi connectivity index (χ1v) is 10.4. The van der Waals surface area contributed by atoms with Gasteiger partial charge >= 0.3 is 5.97 Å². The van der Waals surface area contributed by atoms with Gasteiger partial charge in [-0.3, -0.25) is 14.2 Å². The topological polar surface area (TPSA) is 88.9 Å². The molecule has 31 heavy (non-hydrogen) atoms. The number of rotatable bonds is 7. The number of fused-ring (bicyclic) bond motifs is 1. The van der Waals surface area contributed by atoms with Crippen molar-refractivity contribution in [3.63, 3.8) is 0 Å². The van der Waals surface area contributed by atoms with Gasteiger partial charge in [-0.05, 0) is 30.7 Å². The van der Waals surface area contributed by atoms with Crippen LogP contribution in [0.15, 0.2) is 34.2 Å². The molecule has 0 radical (unpaired) electrons. The molecule has 2 aromatic carbocycles. The summed E-state index contributed by atoms with van der Waals surface area (Å²) in [5.74, 6) is 0.404. The molecule has 0 amide bonds. The normalized spacial score (nSPS) is 10.8. The molecule has 0 unspecified atom stereocenters. The van der Waals surface area contributed by atoms with Gasteiger partial charge in [0.1, 0.15) is 5.52 Å². The van der Waals surface area contributed by atoms with E-state index in [0.29, 0.717) is 22.2 Å². The van der Waals surface area contributed by atoms with Crippen LogP contribution in [0.4, 0.5) is 0 Å². The molecule has 164 valence electrons. The second-order valence-electron chi connectivity index (χ2n) is 6.37. The number of esters is 1. The SMILES string of the molecule is COC(=O)CSc1nc2c(OC)c(OC)c(OC)cc2c(=O)n1-c1cc(Cl)ccc1C. The van der Waals surface area contributed by atoms with Gasteiger partial charge in [0.2, 0.25) is 5.75 Å². The summed E-state index contributed by atoms with van der Waals surface area (Å²) in [6, 6.07) is 6.76. The highest BCUT2D eigenvalue weighted by molar-refractivity contribution is 7.99. The fraction of sp³-hybridized carbons (Fsp3) is 0.286. The Labute approximate surface area is 188 Å². The number of nitrogens with zero attached hydrogens (tertiary/aromatic N) is 2. The zero-order chi connectivity index (χ0) is 22.7. The van der Waals surface area contributed by atoms with Crippen molar-refractivity contribution >= 4 is 40.2 Å². The summed E-state index contributed by atoms with van der Waals surface area (Å²) in [5, 5.41) is 0.997. The number of carbonyl (C=O) groups is 1. The zero-order valence-corrected chi connectivity index (χ0v) is 19.2. The Kier molecular flexibility index (Phi) is 6.97. The van der Waals surface area contributed by atoms with Crippen LogP contribution in [-0.4, -0.2) is 49.7 Å². The fourth-order valence-corrected chi connectivity index (χ4v) is 4.08. The van der Waals surface area contributed by atoms with Crippen molar-refractivity contribution in [3.8, 4) is 22.9 Å². The molecular formula is C21H21ClN2O6S. The molecule has 10 heteroatoms. The van der Waals surface area contributed by atoms with Crippen molar-refractivity contribution in [2.75, 3.05) is 34.2 Å². The summed E-state index contributed by atoms with van der Waals surface area (Å²) in [5.41, 5.74) is 1.27. The average Bonchev–Trinajstić information content (AvgIpc) is 2.77. The molecule has 8 nitrogen and oxygen atoms in total. The summed E-state index contributed by atoms with van der Waals surface area (Å²) in [6.45, 7) is 1.85. The Morgan fingerprint density at radius 1 is 1.10 bits per heavy atom. The second kappa shape index (κ2) is 9.49. The van der Waals surface area contributed by atoms with Crippen LogP contribution in [0.1, 0.15) is 5.56 Å². The quantitative estimate of drug-likeness (QED) is 0.297. The molecule has 1 heterocycles. The first-order valence-electron chi connectivity index (χ1n) is 9.08. The maximum Gasteiger partial charge on any atom is 0.316 e. The van der Waals surface area contributed by atoms with E-state index in [0.717, 1.165) is 17.3 Å². The number of methoxy groups -OCH3 is 4. The molecule has 0 aliphatic rings. The minimum atomic E-state index is -0.451. The van der Waals surface area contributed by atoms with Gasteiger partial charge in [0.05, 0.1) is 45.3 Å². The van der Waals surface area contributed by atoms with Crippen LogP contribution < -0.4 is 19.8 Å². The molecule has 1 aromatic heterocycles. The Balaban J connectivity index is 2.42. The second-order valence-corrected chi connectivity index (χ2v) is 7.75. The zero-order valence-electron chi connectivity index (χ0n) is 17.6. The number of halogens is 1. The minimum Gasteiger partial charge on any atom is -0.493 e. The Hall–Kier alpha value is -2.91. The highest BCUT2D eigenvalue weighted by atomic mass is 35.5. The van der Waals surface area contributed by atoms with Crippen LogP contribution in [0, 0.1) is 6.92 Å². The molecule has 3 rings (SSSR count). The van der Waals surface area contributed by atoms with Gasteiger partial charge in [0.25, 0.3) is 5.56 Å². The van der Waals surface area contributed by atoms with Gasteiger partial charge in [0, 0.05) is 5.02 Å². The van der Waals surface area contributed by atoms with E-state index in [1.54, 1.807) is 24.3 Å². The number of hydrogen-bond acceptors (Lipinski definition) is 8. The predicted molar refractivity (Wildman–Crippen MR) is 119 cm³/mol. The number of ether oxygens (including phenoxy) is 4. The first-order chi connectivity index (χ1) is 14.9. The van der Waals surface area contributed by atoms with Crippen LogP contribution in [0.2, 0.25) is 5.02 Å². The van der Waals surface area contributed by atoms with Crippen LogP contribution in [0.3, 0.4) is 0 Å². The maximum atomic E-state index is 13.7. The number of aromatic nitrogens is 2. The smallest absolute Gasteiger partial charge is 0.316 e. The number of aryl methyl sites for hydroxylation is 1. The molecule has 0 atom stereocenters. The van der Waals surface area contributed by atoms with Crippen molar-refractivity contribution in [1.29, 1.82) is 0 Å². The number of thioether (sulfide) groups is 1. The minimum absolute atomic E-state index is 0.0380. The lowest BCUT2D eigenvalue weighted by atomic mass is 10.1. The lowest BCUT2D eigenvalue weighted by Gasteiger charge is -2.18. The van der Waals surface area contributed by atoms with E-state index in [1.165, 1.54) is 33.0 Å². The van der Waals surface area contributed by atoms with Gasteiger partial charge in [-0.1, -0.05) is 29.4 Å². The molecule has 0 bridgehead atoms. The highest BCUT2D eigenvalue weighted by Crippen LogP contribution is 2.42. The molecule has 0 aliphatic heterocycles. The van der Waals surface area contributed by atoms with E-state index < -0.39 is 5.97 Å². The van der Waals surface area contributed by atoms with E-state index in [-0.39, 0.29) is 33.1 Å². The number of hydrogen-bond donors (Lipinski definition) is 0. The van der Waals surface area contributed by atoms with Gasteiger partial charge in [-0.15, -0.1) is 0 Å². The van der Waals surface area contributed by atoms with E-state index >= 15 is 0 Å². The van der Waals surface area contributed by atoms with Crippen LogP contribution in [-0.2, 0) is 9.53 Å². The summed E-state index contributed by atoms with van der Waals surface area (Å²) >= 11 is 7.27. The monoisotopic (exact) mass is 464 g/mol. The Bertz CT molecular complexity index is 1210. The summed E-state index contributed by atoms with van der Waals surface area (Å²) < 4.78 is 22.5. The largest absolute Gasteiger partial charge is 0.493 e. The maximum absolute atomic E-state index is 13.7. The van der Waals surface area contributed by atoms with Crippen LogP contribution in [0.25, 0.3) is 16.6 Å². The number of carbonyl (C=O) groups excluding carboxylic acids is 1. The molecule has 0 N–H and O–H groups in total. The summed E-state index contributed by atoms with van der Waals surface area (Å²) in [4.78, 5) is 30.1. The summed E-state index contributed by atoms with van der Waals surface area (Å²) in [6.07, 6.45) is 0. The van der Waals surface area contributed by atoms with Crippen LogP contribution >= 0.6 is 23.4 Å². The fourth-order valence-electron chi connectivity index (χ4n) is 3.08.